The zero-order valence-electron chi connectivity index (χ0n) is 35.3. The van der Waals surface area contributed by atoms with Crippen molar-refractivity contribution >= 4 is 19.8 Å². The van der Waals surface area contributed by atoms with Gasteiger partial charge in [-0.05, 0) is 77.0 Å². The largest absolute Gasteiger partial charge is 0.472 e. The SMILES string of the molecule is CCCCC/C=C\C/C=C\CCCCCCCCCC(=O)OC(COC(=O)CCCCCCC/C=C\C/C=C\CCCCCC)COP(=O)(O)OCC(O)CO. The van der Waals surface area contributed by atoms with E-state index in [1.165, 1.54) is 70.6 Å². The smallest absolute Gasteiger partial charge is 0.462 e. The van der Waals surface area contributed by atoms with Crippen molar-refractivity contribution in [3.8, 4) is 0 Å². The number of hydrogen-bond donors (Lipinski definition) is 3. The van der Waals surface area contributed by atoms with E-state index in [-0.39, 0.29) is 19.4 Å². The molecule has 0 aromatic heterocycles. The maximum absolute atomic E-state index is 12.6. The van der Waals surface area contributed by atoms with Gasteiger partial charge in [0.05, 0.1) is 19.8 Å². The van der Waals surface area contributed by atoms with E-state index in [1.807, 2.05) is 0 Å². The zero-order valence-corrected chi connectivity index (χ0v) is 36.2. The monoisotopic (exact) mass is 813 g/mol. The van der Waals surface area contributed by atoms with Gasteiger partial charge in [0.2, 0.25) is 0 Å². The minimum absolute atomic E-state index is 0.171. The van der Waals surface area contributed by atoms with Gasteiger partial charge in [-0.3, -0.25) is 18.6 Å². The number of esters is 2. The lowest BCUT2D eigenvalue weighted by Gasteiger charge is -2.20. The van der Waals surface area contributed by atoms with E-state index in [4.69, 9.17) is 19.1 Å². The molecule has 3 unspecified atom stereocenters. The van der Waals surface area contributed by atoms with Crippen LogP contribution in [0, 0.1) is 0 Å². The molecule has 0 heterocycles. The fraction of sp³-hybridized carbons (Fsp3) is 0.778. The first kappa shape index (κ1) is 53.9. The molecular formula is C45H81O10P. The molecule has 0 spiro atoms. The summed E-state index contributed by atoms with van der Waals surface area (Å²) in [6, 6.07) is 0. The van der Waals surface area contributed by atoms with Gasteiger partial charge in [0.15, 0.2) is 6.10 Å². The normalized spacial score (nSPS) is 14.3. The quantitative estimate of drug-likeness (QED) is 0.0236. The van der Waals surface area contributed by atoms with Crippen molar-refractivity contribution in [2.24, 2.45) is 0 Å². The number of aliphatic hydroxyl groups excluding tert-OH is 2. The van der Waals surface area contributed by atoms with Crippen LogP contribution in [-0.4, -0.2) is 65.7 Å². The number of ether oxygens (including phenoxy) is 2. The van der Waals surface area contributed by atoms with E-state index >= 15 is 0 Å². The summed E-state index contributed by atoms with van der Waals surface area (Å²) >= 11 is 0. The van der Waals surface area contributed by atoms with Crippen LogP contribution in [0.25, 0.3) is 0 Å². The molecule has 0 aliphatic rings. The number of carbonyl (C=O) groups excluding carboxylic acids is 2. The van der Waals surface area contributed by atoms with Gasteiger partial charge in [-0.2, -0.15) is 0 Å². The molecule has 0 aliphatic heterocycles. The van der Waals surface area contributed by atoms with Crippen LogP contribution in [0.3, 0.4) is 0 Å². The van der Waals surface area contributed by atoms with Crippen LogP contribution in [0.2, 0.25) is 0 Å². The van der Waals surface area contributed by atoms with Crippen LogP contribution in [0.5, 0.6) is 0 Å². The lowest BCUT2D eigenvalue weighted by Crippen LogP contribution is -2.29. The second-order valence-corrected chi connectivity index (χ2v) is 16.2. The molecule has 10 nitrogen and oxygen atoms in total. The highest BCUT2D eigenvalue weighted by atomic mass is 31.2. The molecule has 0 bridgehead atoms. The Bertz CT molecular complexity index is 1070. The minimum Gasteiger partial charge on any atom is -0.462 e. The predicted molar refractivity (Wildman–Crippen MR) is 228 cm³/mol. The summed E-state index contributed by atoms with van der Waals surface area (Å²) in [5.41, 5.74) is 0. The standard InChI is InChI=1S/C45H81O10P/c1-3-5-7-9-11-13-15-17-19-21-23-25-27-29-31-33-35-37-45(49)55-43(41-54-56(50,51)53-39-42(47)38-46)40-52-44(48)36-34-32-30-28-26-24-22-20-18-16-14-12-10-8-6-4-2/h11,13-14,16-17,19-20,22,42-43,46-47H,3-10,12,15,18,21,23-41H2,1-2H3,(H,50,51)/b13-11-,16-14-,19-17-,22-20-. The Morgan fingerprint density at radius 1 is 0.536 bits per heavy atom. The molecule has 0 rings (SSSR count). The lowest BCUT2D eigenvalue weighted by atomic mass is 10.1. The van der Waals surface area contributed by atoms with Crippen molar-refractivity contribution < 1.29 is 47.8 Å². The van der Waals surface area contributed by atoms with Gasteiger partial charge in [-0.15, -0.1) is 0 Å². The summed E-state index contributed by atoms with van der Waals surface area (Å²) in [6.45, 7) is 2.31. The Morgan fingerprint density at radius 3 is 1.41 bits per heavy atom. The third-order valence-electron chi connectivity index (χ3n) is 9.21. The molecule has 326 valence electrons. The number of rotatable bonds is 41. The molecule has 3 N–H and O–H groups in total. The highest BCUT2D eigenvalue weighted by Gasteiger charge is 2.27. The third kappa shape index (κ3) is 40.1. The van der Waals surface area contributed by atoms with Crippen molar-refractivity contribution in [1.82, 2.24) is 0 Å². The number of allylic oxidation sites excluding steroid dienone is 8. The van der Waals surface area contributed by atoms with Crippen molar-refractivity contribution in [2.75, 3.05) is 26.4 Å². The molecule has 0 radical (unpaired) electrons. The van der Waals surface area contributed by atoms with Crippen molar-refractivity contribution in [3.05, 3.63) is 48.6 Å². The van der Waals surface area contributed by atoms with Gasteiger partial charge in [0.25, 0.3) is 0 Å². The summed E-state index contributed by atoms with van der Waals surface area (Å²) in [5.74, 6) is -0.950. The second kappa shape index (κ2) is 41.1. The molecule has 56 heavy (non-hydrogen) atoms. The molecular weight excluding hydrogens is 731 g/mol. The lowest BCUT2D eigenvalue weighted by molar-refractivity contribution is -0.161. The van der Waals surface area contributed by atoms with Gasteiger partial charge in [-0.25, -0.2) is 4.57 Å². The number of unbranched alkanes of at least 4 members (excludes halogenated alkanes) is 19. The van der Waals surface area contributed by atoms with Crippen LogP contribution in [-0.2, 0) is 32.7 Å². The first-order valence-electron chi connectivity index (χ1n) is 22.1. The molecule has 0 saturated heterocycles. The Labute approximate surface area is 341 Å². The maximum atomic E-state index is 12.6. The van der Waals surface area contributed by atoms with Gasteiger partial charge in [0.1, 0.15) is 12.7 Å². The van der Waals surface area contributed by atoms with Crippen molar-refractivity contribution in [3.63, 3.8) is 0 Å². The molecule has 0 aromatic carbocycles. The van der Waals surface area contributed by atoms with E-state index in [0.717, 1.165) is 77.0 Å². The number of phosphoric acid groups is 1. The van der Waals surface area contributed by atoms with E-state index in [2.05, 4.69) is 67.0 Å². The third-order valence-corrected chi connectivity index (χ3v) is 10.2. The zero-order chi connectivity index (χ0) is 41.2. The minimum atomic E-state index is -4.62. The molecule has 11 heteroatoms. The number of hydrogen-bond acceptors (Lipinski definition) is 9. The van der Waals surface area contributed by atoms with Crippen molar-refractivity contribution in [2.45, 2.75) is 199 Å². The molecule has 0 aliphatic carbocycles. The van der Waals surface area contributed by atoms with E-state index in [9.17, 15) is 24.2 Å². The predicted octanol–water partition coefficient (Wildman–Crippen LogP) is 11.7. The Balaban J connectivity index is 4.33. The van der Waals surface area contributed by atoms with Crippen molar-refractivity contribution in [1.29, 1.82) is 0 Å². The van der Waals surface area contributed by atoms with Crippen LogP contribution in [0.1, 0.15) is 187 Å². The highest BCUT2D eigenvalue weighted by Crippen LogP contribution is 2.43. The summed E-state index contributed by atoms with van der Waals surface area (Å²) in [4.78, 5) is 35.0. The van der Waals surface area contributed by atoms with Gasteiger partial charge >= 0.3 is 19.8 Å². The van der Waals surface area contributed by atoms with E-state index in [1.54, 1.807) is 0 Å². The van der Waals surface area contributed by atoms with E-state index < -0.39 is 51.8 Å². The second-order valence-electron chi connectivity index (χ2n) is 14.7. The van der Waals surface area contributed by atoms with Crippen LogP contribution < -0.4 is 0 Å². The van der Waals surface area contributed by atoms with E-state index in [0.29, 0.717) is 12.8 Å². The summed E-state index contributed by atoms with van der Waals surface area (Å²) < 4.78 is 32.7. The first-order chi connectivity index (χ1) is 27.2. The van der Waals surface area contributed by atoms with Crippen LogP contribution >= 0.6 is 7.82 Å². The van der Waals surface area contributed by atoms with Crippen LogP contribution in [0.4, 0.5) is 0 Å². The summed E-state index contributed by atoms with van der Waals surface area (Å²) in [6.07, 6.45) is 43.5. The molecule has 0 amide bonds. The summed E-state index contributed by atoms with van der Waals surface area (Å²) in [5, 5.41) is 18.3. The molecule has 0 fully saturated rings. The Hall–Kier alpha value is -2.07. The fourth-order valence-electron chi connectivity index (χ4n) is 5.76. The highest BCUT2D eigenvalue weighted by molar-refractivity contribution is 7.47. The maximum Gasteiger partial charge on any atom is 0.472 e. The van der Waals surface area contributed by atoms with Gasteiger partial charge in [-0.1, -0.05) is 146 Å². The number of carbonyl (C=O) groups is 2. The van der Waals surface area contributed by atoms with Crippen LogP contribution in [0.15, 0.2) is 48.6 Å². The fourth-order valence-corrected chi connectivity index (χ4v) is 6.55. The average molecular weight is 813 g/mol. The van der Waals surface area contributed by atoms with Gasteiger partial charge in [0, 0.05) is 12.8 Å². The number of phosphoric ester groups is 1. The Morgan fingerprint density at radius 2 is 0.929 bits per heavy atom. The molecule has 0 saturated carbocycles. The molecule has 3 atom stereocenters. The van der Waals surface area contributed by atoms with Gasteiger partial charge < -0.3 is 24.6 Å². The first-order valence-corrected chi connectivity index (χ1v) is 23.6. The number of aliphatic hydroxyl groups is 2. The Kier molecular flexibility index (Phi) is 39.6. The average Bonchev–Trinajstić information content (AvgIpc) is 3.19. The molecule has 0 aromatic rings. The summed E-state index contributed by atoms with van der Waals surface area (Å²) in [7, 11) is -4.62. The topological polar surface area (TPSA) is 149 Å².